The zero-order valence-electron chi connectivity index (χ0n) is 13.6. The lowest BCUT2D eigenvalue weighted by molar-refractivity contribution is -0.0314. The van der Waals surface area contributed by atoms with Crippen molar-refractivity contribution < 1.29 is 4.74 Å². The molecule has 21 heavy (non-hydrogen) atoms. The van der Waals surface area contributed by atoms with Crippen molar-refractivity contribution >= 4 is 16.7 Å². The topological polar surface area (TPSA) is 34.2 Å². The molecule has 3 nitrogen and oxygen atoms in total. The van der Waals surface area contributed by atoms with Gasteiger partial charge in [0.1, 0.15) is 5.82 Å². The van der Waals surface area contributed by atoms with Gasteiger partial charge in [-0.15, -0.1) is 0 Å². The maximum absolute atomic E-state index is 6.05. The van der Waals surface area contributed by atoms with Gasteiger partial charge in [-0.05, 0) is 38.8 Å². The maximum Gasteiger partial charge on any atom is 0.132 e. The number of fused-ring (bicyclic) bond motifs is 1. The molecule has 0 aliphatic heterocycles. The number of benzene rings is 1. The first-order valence-electron chi connectivity index (χ1n) is 7.82. The lowest BCUT2D eigenvalue weighted by Crippen LogP contribution is -2.23. The highest BCUT2D eigenvalue weighted by molar-refractivity contribution is 5.81. The minimum absolute atomic E-state index is 0.104. The third-order valence-electron chi connectivity index (χ3n) is 3.82. The van der Waals surface area contributed by atoms with Gasteiger partial charge in [-0.2, -0.15) is 0 Å². The Morgan fingerprint density at radius 3 is 2.67 bits per heavy atom. The Bertz CT molecular complexity index is 593. The van der Waals surface area contributed by atoms with Gasteiger partial charge in [-0.3, -0.25) is 0 Å². The molecule has 0 aliphatic carbocycles. The van der Waals surface area contributed by atoms with Gasteiger partial charge in [0.2, 0.25) is 0 Å². The second kappa shape index (κ2) is 6.90. The van der Waals surface area contributed by atoms with Crippen LogP contribution < -0.4 is 5.32 Å². The van der Waals surface area contributed by atoms with Crippen molar-refractivity contribution in [2.24, 2.45) is 0 Å². The molecule has 0 spiro atoms. The summed E-state index contributed by atoms with van der Waals surface area (Å²) in [6.07, 6.45) is 2.07. The van der Waals surface area contributed by atoms with Gasteiger partial charge < -0.3 is 10.1 Å². The Hall–Kier alpha value is -1.61. The van der Waals surface area contributed by atoms with Gasteiger partial charge >= 0.3 is 0 Å². The summed E-state index contributed by atoms with van der Waals surface area (Å²) in [5.74, 6) is 0.947. The number of rotatable bonds is 7. The number of nitrogens with one attached hydrogen (secondary N) is 1. The Morgan fingerprint density at radius 1 is 1.19 bits per heavy atom. The van der Waals surface area contributed by atoms with Crippen LogP contribution in [0.1, 0.15) is 46.1 Å². The number of nitrogens with zero attached hydrogens (tertiary/aromatic N) is 1. The number of hydrogen-bond acceptors (Lipinski definition) is 3. The molecule has 0 fully saturated rings. The molecule has 0 unspecified atom stereocenters. The average Bonchev–Trinajstić information content (AvgIpc) is 2.50. The van der Waals surface area contributed by atoms with Gasteiger partial charge in [-0.25, -0.2) is 4.98 Å². The molecule has 3 heteroatoms. The number of hydrogen-bond donors (Lipinski definition) is 1. The molecule has 1 heterocycles. The minimum Gasteiger partial charge on any atom is -0.371 e. The predicted molar refractivity (Wildman–Crippen MR) is 89.7 cm³/mol. The van der Waals surface area contributed by atoms with E-state index in [0.29, 0.717) is 6.61 Å². The van der Waals surface area contributed by atoms with E-state index in [9.17, 15) is 0 Å². The largest absolute Gasteiger partial charge is 0.371 e. The van der Waals surface area contributed by atoms with E-state index in [1.807, 2.05) is 18.2 Å². The monoisotopic (exact) mass is 286 g/mol. The highest BCUT2D eigenvalue weighted by Crippen LogP contribution is 2.24. The van der Waals surface area contributed by atoms with E-state index in [0.717, 1.165) is 41.7 Å². The quantitative estimate of drug-likeness (QED) is 0.796. The minimum atomic E-state index is -0.104. The Morgan fingerprint density at radius 2 is 1.95 bits per heavy atom. The van der Waals surface area contributed by atoms with Crippen molar-refractivity contribution in [3.05, 3.63) is 35.9 Å². The summed E-state index contributed by atoms with van der Waals surface area (Å²) in [5, 5.41) is 4.58. The van der Waals surface area contributed by atoms with Crippen LogP contribution in [-0.4, -0.2) is 17.1 Å². The lowest BCUT2D eigenvalue weighted by atomic mass is 10.1. The van der Waals surface area contributed by atoms with E-state index in [1.165, 1.54) is 0 Å². The molecule has 0 saturated heterocycles. The summed E-state index contributed by atoms with van der Waals surface area (Å²) in [7, 11) is 0. The number of pyridine rings is 1. The first-order chi connectivity index (χ1) is 10.1. The number of aromatic nitrogens is 1. The molecule has 1 aromatic heterocycles. The maximum atomic E-state index is 6.05. The summed E-state index contributed by atoms with van der Waals surface area (Å²) in [6, 6.07) is 10.4. The summed E-state index contributed by atoms with van der Waals surface area (Å²) in [6.45, 7) is 10.1. The molecule has 1 aromatic carbocycles. The summed E-state index contributed by atoms with van der Waals surface area (Å²) < 4.78 is 6.05. The van der Waals surface area contributed by atoms with E-state index in [4.69, 9.17) is 9.72 Å². The third-order valence-corrected chi connectivity index (χ3v) is 3.82. The summed E-state index contributed by atoms with van der Waals surface area (Å²) in [5.41, 5.74) is 2.05. The summed E-state index contributed by atoms with van der Waals surface area (Å²) >= 11 is 0. The van der Waals surface area contributed by atoms with Crippen LogP contribution in [0.2, 0.25) is 0 Å². The SMILES string of the molecule is CCCNc1nc2ccccc2cc1COC(C)(C)CC. The van der Waals surface area contributed by atoms with Crippen LogP contribution >= 0.6 is 0 Å². The van der Waals surface area contributed by atoms with E-state index in [2.05, 4.69) is 45.1 Å². The fourth-order valence-electron chi connectivity index (χ4n) is 2.04. The van der Waals surface area contributed by atoms with E-state index in [-0.39, 0.29) is 5.60 Å². The third kappa shape index (κ3) is 4.18. The van der Waals surface area contributed by atoms with Crippen LogP contribution in [0.25, 0.3) is 10.9 Å². The molecular weight excluding hydrogens is 260 g/mol. The molecular formula is C18H26N2O. The predicted octanol–water partition coefficient (Wildman–Crippen LogP) is 4.76. The first-order valence-corrected chi connectivity index (χ1v) is 7.82. The second-order valence-electron chi connectivity index (χ2n) is 6.02. The van der Waals surface area contributed by atoms with Crippen LogP contribution in [-0.2, 0) is 11.3 Å². The molecule has 0 aliphatic rings. The van der Waals surface area contributed by atoms with Crippen molar-refractivity contribution in [3.8, 4) is 0 Å². The van der Waals surface area contributed by atoms with Crippen molar-refractivity contribution in [1.82, 2.24) is 4.98 Å². The first kappa shape index (κ1) is 15.8. The zero-order chi connectivity index (χ0) is 15.3. The second-order valence-corrected chi connectivity index (χ2v) is 6.02. The number of anilines is 1. The van der Waals surface area contributed by atoms with Gasteiger partial charge in [-0.1, -0.05) is 32.0 Å². The van der Waals surface area contributed by atoms with Gasteiger partial charge in [0.15, 0.2) is 0 Å². The Labute approximate surface area is 127 Å². The molecule has 0 radical (unpaired) electrons. The molecule has 0 atom stereocenters. The Kier molecular flexibility index (Phi) is 5.18. The lowest BCUT2D eigenvalue weighted by Gasteiger charge is -2.24. The normalized spacial score (nSPS) is 11.8. The molecule has 0 amide bonds. The number of para-hydroxylation sites is 1. The van der Waals surface area contributed by atoms with Crippen molar-refractivity contribution in [1.29, 1.82) is 0 Å². The summed E-state index contributed by atoms with van der Waals surface area (Å²) in [4.78, 5) is 4.75. The smallest absolute Gasteiger partial charge is 0.132 e. The highest BCUT2D eigenvalue weighted by atomic mass is 16.5. The fourth-order valence-corrected chi connectivity index (χ4v) is 2.04. The van der Waals surface area contributed by atoms with E-state index >= 15 is 0 Å². The van der Waals surface area contributed by atoms with E-state index in [1.54, 1.807) is 0 Å². The molecule has 2 aromatic rings. The van der Waals surface area contributed by atoms with Crippen LogP contribution in [0.5, 0.6) is 0 Å². The van der Waals surface area contributed by atoms with Gasteiger partial charge in [0.05, 0.1) is 17.7 Å². The molecule has 2 rings (SSSR count). The highest BCUT2D eigenvalue weighted by Gasteiger charge is 2.17. The van der Waals surface area contributed by atoms with Crippen molar-refractivity contribution in [2.75, 3.05) is 11.9 Å². The molecule has 114 valence electrons. The van der Waals surface area contributed by atoms with Crippen LogP contribution in [0.15, 0.2) is 30.3 Å². The van der Waals surface area contributed by atoms with Crippen molar-refractivity contribution in [3.63, 3.8) is 0 Å². The van der Waals surface area contributed by atoms with E-state index < -0.39 is 0 Å². The van der Waals surface area contributed by atoms with Gasteiger partial charge in [0, 0.05) is 17.5 Å². The average molecular weight is 286 g/mol. The Balaban J connectivity index is 2.29. The standard InChI is InChI=1S/C18H26N2O/c1-5-11-19-17-15(13-21-18(3,4)6-2)12-14-9-7-8-10-16(14)20-17/h7-10,12H,5-6,11,13H2,1-4H3,(H,19,20). The fraction of sp³-hybridized carbons (Fsp3) is 0.500. The number of ether oxygens (including phenoxy) is 1. The van der Waals surface area contributed by atoms with Crippen molar-refractivity contribution in [2.45, 2.75) is 52.7 Å². The molecule has 0 bridgehead atoms. The molecule has 1 N–H and O–H groups in total. The molecule has 0 saturated carbocycles. The zero-order valence-corrected chi connectivity index (χ0v) is 13.6. The van der Waals surface area contributed by atoms with Gasteiger partial charge in [0.25, 0.3) is 0 Å². The van der Waals surface area contributed by atoms with Crippen LogP contribution in [0.4, 0.5) is 5.82 Å². The van der Waals surface area contributed by atoms with Crippen LogP contribution in [0.3, 0.4) is 0 Å². The van der Waals surface area contributed by atoms with Crippen LogP contribution in [0, 0.1) is 0 Å².